The first-order chi connectivity index (χ1) is 14.1. The Bertz CT molecular complexity index is 1120. The van der Waals surface area contributed by atoms with E-state index in [1.807, 2.05) is 0 Å². The molecule has 2 atom stereocenters. The Morgan fingerprint density at radius 1 is 1.07 bits per heavy atom. The molecular weight excluding hydrogens is 426 g/mol. The molecule has 0 bridgehead atoms. The molecule has 1 fully saturated rings. The monoisotopic (exact) mass is 451 g/mol. The number of piperidine rings is 1. The first-order valence-corrected chi connectivity index (χ1v) is 12.6. The lowest BCUT2D eigenvalue weighted by Gasteiger charge is -2.32. The summed E-state index contributed by atoms with van der Waals surface area (Å²) in [4.78, 5) is 13.0. The van der Waals surface area contributed by atoms with Gasteiger partial charge in [0.2, 0.25) is 26.0 Å². The molecule has 0 spiro atoms. The lowest BCUT2D eigenvalue weighted by Crippen LogP contribution is -2.45. The molecule has 1 heterocycles. The molecule has 30 heavy (non-hydrogen) atoms. The third kappa shape index (κ3) is 5.07. The van der Waals surface area contributed by atoms with Gasteiger partial charge in [0.15, 0.2) is 0 Å². The number of nitrogens with one attached hydrogen (secondary N) is 1. The number of rotatable bonds is 6. The Kier molecular flexibility index (Phi) is 6.61. The molecular formula is C20H25N3O5S2. The zero-order chi connectivity index (χ0) is 21.9. The Morgan fingerprint density at radius 2 is 1.73 bits per heavy atom. The van der Waals surface area contributed by atoms with E-state index >= 15 is 0 Å². The zero-order valence-electron chi connectivity index (χ0n) is 16.6. The summed E-state index contributed by atoms with van der Waals surface area (Å²) < 4.78 is 50.2. The minimum Gasteiger partial charge on any atom is -0.349 e. The molecule has 2 aromatic rings. The van der Waals surface area contributed by atoms with Crippen molar-refractivity contribution in [2.75, 3.05) is 13.1 Å². The smallest absolute Gasteiger partial charge is 0.243 e. The molecule has 10 heteroatoms. The van der Waals surface area contributed by atoms with Gasteiger partial charge in [0.1, 0.15) is 0 Å². The van der Waals surface area contributed by atoms with Gasteiger partial charge in [0.05, 0.1) is 21.8 Å². The van der Waals surface area contributed by atoms with Gasteiger partial charge in [-0.05, 0) is 49.6 Å². The third-order valence-corrected chi connectivity index (χ3v) is 7.97. The van der Waals surface area contributed by atoms with Crippen molar-refractivity contribution in [2.45, 2.75) is 35.6 Å². The topological polar surface area (TPSA) is 127 Å². The summed E-state index contributed by atoms with van der Waals surface area (Å²) >= 11 is 0. The van der Waals surface area contributed by atoms with E-state index in [4.69, 9.17) is 5.14 Å². The van der Waals surface area contributed by atoms with E-state index in [1.165, 1.54) is 16.4 Å². The Morgan fingerprint density at radius 3 is 2.40 bits per heavy atom. The molecule has 3 rings (SSSR count). The minimum absolute atomic E-state index is 0.0288. The molecule has 2 aromatic carbocycles. The highest BCUT2D eigenvalue weighted by atomic mass is 32.2. The highest BCUT2D eigenvalue weighted by molar-refractivity contribution is 7.89. The van der Waals surface area contributed by atoms with Crippen molar-refractivity contribution < 1.29 is 21.6 Å². The maximum atomic E-state index is 12.9. The van der Waals surface area contributed by atoms with Crippen LogP contribution in [0.2, 0.25) is 0 Å². The zero-order valence-corrected chi connectivity index (χ0v) is 18.2. The number of benzene rings is 2. The van der Waals surface area contributed by atoms with E-state index in [-0.39, 0.29) is 22.2 Å². The van der Waals surface area contributed by atoms with Crippen LogP contribution in [0.1, 0.15) is 31.4 Å². The highest BCUT2D eigenvalue weighted by Crippen LogP contribution is 2.25. The fourth-order valence-electron chi connectivity index (χ4n) is 3.49. The molecule has 0 saturated carbocycles. The van der Waals surface area contributed by atoms with E-state index in [9.17, 15) is 21.6 Å². The van der Waals surface area contributed by atoms with Gasteiger partial charge in [-0.2, -0.15) is 4.31 Å². The molecule has 1 saturated heterocycles. The summed E-state index contributed by atoms with van der Waals surface area (Å²) in [6.45, 7) is 2.21. The molecule has 1 amide bonds. The van der Waals surface area contributed by atoms with Crippen molar-refractivity contribution in [3.63, 3.8) is 0 Å². The predicted molar refractivity (Wildman–Crippen MR) is 112 cm³/mol. The van der Waals surface area contributed by atoms with Gasteiger partial charge < -0.3 is 5.32 Å². The Labute approximate surface area is 177 Å². The minimum atomic E-state index is -3.84. The number of nitrogens with two attached hydrogens (primary N) is 1. The van der Waals surface area contributed by atoms with Gasteiger partial charge in [0, 0.05) is 13.1 Å². The van der Waals surface area contributed by atoms with Crippen LogP contribution in [-0.2, 0) is 24.8 Å². The van der Waals surface area contributed by atoms with Crippen LogP contribution in [0.25, 0.3) is 0 Å². The summed E-state index contributed by atoms with van der Waals surface area (Å²) in [6, 6.07) is 13.8. The van der Waals surface area contributed by atoms with Gasteiger partial charge in [0.25, 0.3) is 0 Å². The molecule has 3 N–H and O–H groups in total. The lowest BCUT2D eigenvalue weighted by atomic mass is 9.98. The van der Waals surface area contributed by atoms with Gasteiger partial charge >= 0.3 is 0 Å². The maximum absolute atomic E-state index is 12.9. The molecule has 0 radical (unpaired) electrons. The van der Waals surface area contributed by atoms with Crippen LogP contribution >= 0.6 is 0 Å². The number of carbonyl (C=O) groups is 1. The summed E-state index contributed by atoms with van der Waals surface area (Å²) in [6.07, 6.45) is 1.16. The van der Waals surface area contributed by atoms with E-state index in [0.29, 0.717) is 24.9 Å². The van der Waals surface area contributed by atoms with Crippen LogP contribution in [-0.4, -0.2) is 40.1 Å². The van der Waals surface area contributed by atoms with Crippen LogP contribution in [0.15, 0.2) is 64.4 Å². The molecule has 0 aliphatic carbocycles. The second-order valence-electron chi connectivity index (χ2n) is 7.36. The van der Waals surface area contributed by atoms with Crippen LogP contribution < -0.4 is 10.5 Å². The lowest BCUT2D eigenvalue weighted by molar-refractivity contribution is -0.126. The fourth-order valence-corrected chi connectivity index (χ4v) is 5.61. The van der Waals surface area contributed by atoms with Crippen LogP contribution in [0.5, 0.6) is 0 Å². The van der Waals surface area contributed by atoms with E-state index in [0.717, 1.165) is 0 Å². The van der Waals surface area contributed by atoms with E-state index < -0.39 is 32.0 Å². The molecule has 8 nitrogen and oxygen atoms in total. The summed E-state index contributed by atoms with van der Waals surface area (Å²) in [5.41, 5.74) is 0.597. The summed E-state index contributed by atoms with van der Waals surface area (Å²) in [5, 5.41) is 8.03. The van der Waals surface area contributed by atoms with Crippen LogP contribution in [0.3, 0.4) is 0 Å². The number of hydrogen-bond acceptors (Lipinski definition) is 5. The van der Waals surface area contributed by atoms with Crippen molar-refractivity contribution in [3.8, 4) is 0 Å². The first-order valence-electron chi connectivity index (χ1n) is 9.57. The van der Waals surface area contributed by atoms with Crippen molar-refractivity contribution >= 4 is 26.0 Å². The number of primary sulfonamides is 1. The SMILES string of the molecule is CC(NC(=O)C1CCCN(S(=O)(=O)c2ccccc2)C1)c1cccc(S(N)(=O)=O)c1. The third-order valence-electron chi connectivity index (χ3n) is 5.18. The molecule has 0 aromatic heterocycles. The predicted octanol–water partition coefficient (Wildman–Crippen LogP) is 1.61. The van der Waals surface area contributed by atoms with Gasteiger partial charge in [-0.15, -0.1) is 0 Å². The second kappa shape index (κ2) is 8.84. The average molecular weight is 452 g/mol. The number of sulfonamides is 2. The van der Waals surface area contributed by atoms with Gasteiger partial charge in [-0.25, -0.2) is 22.0 Å². The summed E-state index contributed by atoms with van der Waals surface area (Å²) in [5.74, 6) is -0.752. The quantitative estimate of drug-likeness (QED) is 0.690. The molecule has 1 aliphatic heterocycles. The fraction of sp³-hybridized carbons (Fsp3) is 0.350. The maximum Gasteiger partial charge on any atom is 0.243 e. The van der Waals surface area contributed by atoms with Crippen molar-refractivity contribution in [1.29, 1.82) is 0 Å². The van der Waals surface area contributed by atoms with Crippen LogP contribution in [0, 0.1) is 5.92 Å². The van der Waals surface area contributed by atoms with Crippen LogP contribution in [0.4, 0.5) is 0 Å². The summed E-state index contributed by atoms with van der Waals surface area (Å²) in [7, 11) is -7.50. The largest absolute Gasteiger partial charge is 0.349 e. The Hall–Kier alpha value is -2.27. The normalized spacial score (nSPS) is 19.2. The number of hydrogen-bond donors (Lipinski definition) is 2. The Balaban J connectivity index is 1.70. The van der Waals surface area contributed by atoms with E-state index in [1.54, 1.807) is 49.4 Å². The highest BCUT2D eigenvalue weighted by Gasteiger charge is 2.33. The standard InChI is InChI=1S/C20H25N3O5S2/c1-15(16-7-5-11-19(13-16)29(21,25)26)22-20(24)17-8-6-12-23(14-17)30(27,28)18-9-3-2-4-10-18/h2-5,7,9-11,13,15,17H,6,8,12,14H2,1H3,(H,22,24)(H2,21,25,26). The van der Waals surface area contributed by atoms with E-state index in [2.05, 4.69) is 5.32 Å². The number of amides is 1. The van der Waals surface area contributed by atoms with Gasteiger partial charge in [-0.3, -0.25) is 4.79 Å². The number of nitrogens with zero attached hydrogens (tertiary/aromatic N) is 1. The second-order valence-corrected chi connectivity index (χ2v) is 10.9. The van der Waals surface area contributed by atoms with Crippen molar-refractivity contribution in [3.05, 3.63) is 60.2 Å². The van der Waals surface area contributed by atoms with Crippen molar-refractivity contribution in [2.24, 2.45) is 11.1 Å². The molecule has 1 aliphatic rings. The average Bonchev–Trinajstić information content (AvgIpc) is 2.74. The molecule has 2 unspecified atom stereocenters. The molecule has 162 valence electrons. The van der Waals surface area contributed by atoms with Crippen molar-refractivity contribution in [1.82, 2.24) is 9.62 Å². The first kappa shape index (κ1) is 22.4. The van der Waals surface area contributed by atoms with Gasteiger partial charge in [-0.1, -0.05) is 30.3 Å². The number of carbonyl (C=O) groups excluding carboxylic acids is 1.